The van der Waals surface area contributed by atoms with E-state index in [0.717, 1.165) is 41.5 Å². The molecule has 3 aromatic rings. The highest BCUT2D eigenvalue weighted by Gasteiger charge is 2.27. The number of primary amides is 1. The number of nitrogens with one attached hydrogen (secondary N) is 2. The number of unbranched alkanes of at least 4 members (excludes halogenated alkanes) is 10. The van der Waals surface area contributed by atoms with E-state index in [9.17, 15) is 19.2 Å². The summed E-state index contributed by atoms with van der Waals surface area (Å²) in [6.07, 6.45) is 13.2. The monoisotopic (exact) mass is 680 g/mol. The molecule has 10 nitrogen and oxygen atoms in total. The maximum Gasteiger partial charge on any atom is 0.328 e. The van der Waals surface area contributed by atoms with Crippen LogP contribution in [0.3, 0.4) is 0 Å². The Morgan fingerprint density at radius 1 is 0.812 bits per heavy atom. The number of thiazole rings is 1. The number of hydrogen-bond acceptors (Lipinski definition) is 8. The van der Waals surface area contributed by atoms with Gasteiger partial charge in [0, 0.05) is 6.42 Å². The van der Waals surface area contributed by atoms with Gasteiger partial charge in [-0.15, -0.1) is 0 Å². The molecule has 0 unspecified atom stereocenters. The van der Waals surface area contributed by atoms with Gasteiger partial charge in [0.2, 0.25) is 5.91 Å². The molecule has 0 bridgehead atoms. The Balaban J connectivity index is 1.51. The zero-order valence-corrected chi connectivity index (χ0v) is 29.1. The first kappa shape index (κ1) is 38.5. The summed E-state index contributed by atoms with van der Waals surface area (Å²) >= 11 is 1.31. The van der Waals surface area contributed by atoms with E-state index >= 15 is 0 Å². The molecule has 4 N–H and O–H groups in total. The number of fused-ring (bicyclic) bond motifs is 1. The molecule has 48 heavy (non-hydrogen) atoms. The molecule has 0 saturated carbocycles. The van der Waals surface area contributed by atoms with Crippen molar-refractivity contribution >= 4 is 50.6 Å². The number of nitrogens with two attached hydrogens (primary N) is 1. The first-order valence-corrected chi connectivity index (χ1v) is 18.3. The van der Waals surface area contributed by atoms with Crippen molar-refractivity contribution in [3.8, 4) is 0 Å². The van der Waals surface area contributed by atoms with Crippen molar-refractivity contribution in [3.63, 3.8) is 0 Å². The van der Waals surface area contributed by atoms with Crippen LogP contribution in [0.5, 0.6) is 0 Å². The van der Waals surface area contributed by atoms with Crippen molar-refractivity contribution in [1.82, 2.24) is 10.3 Å². The maximum absolute atomic E-state index is 13.4. The van der Waals surface area contributed by atoms with E-state index < -0.39 is 36.0 Å². The molecule has 0 spiro atoms. The second kappa shape index (κ2) is 22.6. The Bertz CT molecular complexity index is 1370. The average Bonchev–Trinajstić information content (AvgIpc) is 3.48. The molecule has 2 atom stereocenters. The fourth-order valence-electron chi connectivity index (χ4n) is 5.44. The van der Waals surface area contributed by atoms with Crippen molar-refractivity contribution in [3.05, 3.63) is 60.2 Å². The van der Waals surface area contributed by atoms with Crippen LogP contribution in [0.4, 0.5) is 9.93 Å². The number of hydrogen-bond donors (Lipinski definition) is 3. The van der Waals surface area contributed by atoms with Gasteiger partial charge in [0.25, 0.3) is 0 Å². The number of benzene rings is 2. The van der Waals surface area contributed by atoms with E-state index in [-0.39, 0.29) is 32.3 Å². The molecule has 0 radical (unpaired) electrons. The predicted octanol–water partition coefficient (Wildman–Crippen LogP) is 8.19. The fraction of sp³-hybridized carbons (Fsp3) is 0.541. The Hall–Kier alpha value is -3.99. The van der Waals surface area contributed by atoms with Gasteiger partial charge in [0.15, 0.2) is 5.13 Å². The molecule has 1 aromatic heterocycles. The topological polar surface area (TPSA) is 150 Å². The van der Waals surface area contributed by atoms with E-state index in [2.05, 4.69) is 22.5 Å². The van der Waals surface area contributed by atoms with Gasteiger partial charge in [-0.25, -0.2) is 14.6 Å². The Labute approximate surface area is 288 Å². The number of carbonyl (C=O) groups is 4. The van der Waals surface area contributed by atoms with E-state index in [4.69, 9.17) is 15.2 Å². The van der Waals surface area contributed by atoms with Gasteiger partial charge >= 0.3 is 18.0 Å². The minimum atomic E-state index is -1.06. The average molecular weight is 681 g/mol. The van der Waals surface area contributed by atoms with Crippen molar-refractivity contribution in [2.75, 3.05) is 5.32 Å². The Morgan fingerprint density at radius 3 is 2.12 bits per heavy atom. The molecule has 2 aromatic carbocycles. The number of rotatable bonds is 24. The molecule has 0 aliphatic carbocycles. The third-order valence-corrected chi connectivity index (χ3v) is 9.01. The van der Waals surface area contributed by atoms with E-state index in [1.54, 1.807) is 0 Å². The van der Waals surface area contributed by atoms with E-state index in [1.807, 2.05) is 54.6 Å². The van der Waals surface area contributed by atoms with Crippen LogP contribution in [0.15, 0.2) is 54.6 Å². The predicted molar refractivity (Wildman–Crippen MR) is 190 cm³/mol. The maximum atomic E-state index is 13.4. The lowest BCUT2D eigenvalue weighted by atomic mass is 10.0. The van der Waals surface area contributed by atoms with Crippen LogP contribution >= 0.6 is 11.3 Å². The van der Waals surface area contributed by atoms with Crippen molar-refractivity contribution in [1.29, 1.82) is 0 Å². The van der Waals surface area contributed by atoms with Crippen LogP contribution in [-0.2, 0) is 30.5 Å². The summed E-state index contributed by atoms with van der Waals surface area (Å²) in [5, 5.41) is 5.77. The normalized spacial score (nSPS) is 12.3. The van der Waals surface area contributed by atoms with Crippen molar-refractivity contribution in [2.24, 2.45) is 5.73 Å². The first-order chi connectivity index (χ1) is 23.3. The van der Waals surface area contributed by atoms with E-state index in [1.165, 1.54) is 56.3 Å². The molecule has 0 saturated heterocycles. The lowest BCUT2D eigenvalue weighted by Gasteiger charge is -2.22. The summed E-state index contributed by atoms with van der Waals surface area (Å²) in [6.45, 7) is 2.38. The minimum absolute atomic E-state index is 0.0568. The number of amides is 3. The van der Waals surface area contributed by atoms with Gasteiger partial charge < -0.3 is 20.5 Å². The molecule has 3 rings (SSSR count). The first-order valence-electron chi connectivity index (χ1n) is 17.5. The third-order valence-electron chi connectivity index (χ3n) is 8.06. The van der Waals surface area contributed by atoms with Crippen LogP contribution in [0.1, 0.15) is 115 Å². The summed E-state index contributed by atoms with van der Waals surface area (Å²) in [6, 6.07) is 15.2. The molecule has 0 fully saturated rings. The van der Waals surface area contributed by atoms with Gasteiger partial charge in [-0.2, -0.15) is 0 Å². The quantitative estimate of drug-likeness (QED) is 0.0638. The summed E-state index contributed by atoms with van der Waals surface area (Å²) < 4.78 is 12.0. The number of carbonyl (C=O) groups excluding carboxylic acids is 4. The van der Waals surface area contributed by atoms with Crippen LogP contribution < -0.4 is 16.4 Å². The van der Waals surface area contributed by atoms with Crippen LogP contribution in [0.2, 0.25) is 0 Å². The summed E-state index contributed by atoms with van der Waals surface area (Å²) in [5.41, 5.74) is 7.11. The number of nitrogens with zero attached hydrogens (tertiary/aromatic N) is 1. The zero-order valence-electron chi connectivity index (χ0n) is 28.3. The molecule has 0 aliphatic rings. The number of aromatic nitrogens is 1. The summed E-state index contributed by atoms with van der Waals surface area (Å²) in [4.78, 5) is 55.0. The van der Waals surface area contributed by atoms with Crippen molar-refractivity contribution < 1.29 is 28.7 Å². The largest absolute Gasteiger partial charge is 0.461 e. The molecule has 3 amide bonds. The van der Waals surface area contributed by atoms with Gasteiger partial charge in [-0.3, -0.25) is 14.9 Å². The van der Waals surface area contributed by atoms with Crippen LogP contribution in [-0.4, -0.2) is 41.0 Å². The SMILES string of the molecule is CCCCCCCCCCCCC[C@@H](CC(N)=O)OC(=O)[C@H](CCCC(=O)OCc1ccccc1)NC(=O)Nc1nc2ccccc2s1. The van der Waals surface area contributed by atoms with Crippen LogP contribution in [0.25, 0.3) is 10.2 Å². The highest BCUT2D eigenvalue weighted by molar-refractivity contribution is 7.22. The van der Waals surface area contributed by atoms with E-state index in [0.29, 0.717) is 11.6 Å². The number of urea groups is 1. The molecular weight excluding hydrogens is 628 g/mol. The number of anilines is 1. The second-order valence-electron chi connectivity index (χ2n) is 12.2. The lowest BCUT2D eigenvalue weighted by molar-refractivity contribution is -0.153. The lowest BCUT2D eigenvalue weighted by Crippen LogP contribution is -2.45. The van der Waals surface area contributed by atoms with Gasteiger partial charge in [0.1, 0.15) is 18.8 Å². The number of para-hydroxylation sites is 1. The number of ether oxygens (including phenoxy) is 2. The standard InChI is InChI=1S/C37H52N4O6S/c1-2-3-4-5-6-7-8-9-10-11-15-21-29(26-33(38)42)47-35(44)31(23-18-25-34(43)46-27-28-19-13-12-14-20-28)39-36(45)41-37-40-30-22-16-17-24-32(30)48-37/h12-14,16-17,19-20,22,24,29,31H,2-11,15,18,21,23,25-27H2,1H3,(H2,38,42)(H2,39,40,41,45)/t29-,31-/m0/s1. The molecule has 11 heteroatoms. The Kier molecular flexibility index (Phi) is 18.1. The Morgan fingerprint density at radius 2 is 1.46 bits per heavy atom. The van der Waals surface area contributed by atoms with Gasteiger partial charge in [-0.05, 0) is 43.4 Å². The number of esters is 2. The molecule has 262 valence electrons. The minimum Gasteiger partial charge on any atom is -0.461 e. The highest BCUT2D eigenvalue weighted by atomic mass is 32.1. The van der Waals surface area contributed by atoms with Gasteiger partial charge in [0.05, 0.1) is 16.6 Å². The van der Waals surface area contributed by atoms with Gasteiger partial charge in [-0.1, -0.05) is 125 Å². The summed E-state index contributed by atoms with van der Waals surface area (Å²) in [7, 11) is 0. The summed E-state index contributed by atoms with van der Waals surface area (Å²) in [5.74, 6) is -1.65. The third kappa shape index (κ3) is 15.7. The fourth-order valence-corrected chi connectivity index (χ4v) is 6.30. The molecular formula is C37H52N4O6S. The van der Waals surface area contributed by atoms with Crippen molar-refractivity contribution in [2.45, 2.75) is 128 Å². The molecule has 0 aliphatic heterocycles. The smallest absolute Gasteiger partial charge is 0.328 e. The van der Waals surface area contributed by atoms with Crippen LogP contribution in [0, 0.1) is 0 Å². The zero-order chi connectivity index (χ0) is 34.4. The second-order valence-corrected chi connectivity index (χ2v) is 13.3. The highest BCUT2D eigenvalue weighted by Crippen LogP contribution is 2.25. The molecule has 1 heterocycles.